The van der Waals surface area contributed by atoms with Crippen molar-refractivity contribution in [1.29, 1.82) is 0 Å². The number of pyridine rings is 1. The molecular formula is C18H21N5O. The maximum atomic E-state index is 12.7. The molecule has 1 amide bonds. The number of carbonyl (C=O) groups is 1. The number of nitrogens with zero attached hydrogens (tertiary/aromatic N) is 5. The predicted octanol–water partition coefficient (Wildman–Crippen LogP) is 2.00. The van der Waals surface area contributed by atoms with Gasteiger partial charge >= 0.3 is 0 Å². The number of amides is 1. The van der Waals surface area contributed by atoms with Crippen LogP contribution in [0.1, 0.15) is 29.6 Å². The first-order valence-corrected chi connectivity index (χ1v) is 8.47. The van der Waals surface area contributed by atoms with Crippen molar-refractivity contribution in [2.75, 3.05) is 31.1 Å². The summed E-state index contributed by atoms with van der Waals surface area (Å²) < 4.78 is 0. The Morgan fingerprint density at radius 1 is 1.04 bits per heavy atom. The van der Waals surface area contributed by atoms with Gasteiger partial charge in [-0.15, -0.1) is 0 Å². The third kappa shape index (κ3) is 2.84. The summed E-state index contributed by atoms with van der Waals surface area (Å²) in [6.45, 7) is 3.52. The molecule has 1 atom stereocenters. The Labute approximate surface area is 141 Å². The van der Waals surface area contributed by atoms with Gasteiger partial charge in [0.2, 0.25) is 5.95 Å². The SMILES string of the molecule is O=C(c1cccnc1)N1CCC[C@@]2(CCN(c3ncccn3)C2)C1. The first-order valence-electron chi connectivity index (χ1n) is 8.47. The summed E-state index contributed by atoms with van der Waals surface area (Å²) >= 11 is 0. The topological polar surface area (TPSA) is 62.2 Å². The molecule has 2 aromatic rings. The average molecular weight is 323 g/mol. The number of likely N-dealkylation sites (tertiary alicyclic amines) is 1. The van der Waals surface area contributed by atoms with Gasteiger partial charge < -0.3 is 9.80 Å². The van der Waals surface area contributed by atoms with Crippen LogP contribution in [0.2, 0.25) is 0 Å². The summed E-state index contributed by atoms with van der Waals surface area (Å²) in [4.78, 5) is 29.8. The molecule has 0 N–H and O–H groups in total. The van der Waals surface area contributed by atoms with Crippen molar-refractivity contribution in [3.63, 3.8) is 0 Å². The van der Waals surface area contributed by atoms with Gasteiger partial charge in [0.15, 0.2) is 0 Å². The van der Waals surface area contributed by atoms with E-state index in [0.29, 0.717) is 5.56 Å². The molecule has 2 fully saturated rings. The second kappa shape index (κ2) is 6.19. The Kier molecular flexibility index (Phi) is 3.88. The Morgan fingerprint density at radius 3 is 2.71 bits per heavy atom. The highest BCUT2D eigenvalue weighted by Crippen LogP contribution is 2.40. The molecule has 0 aromatic carbocycles. The highest BCUT2D eigenvalue weighted by molar-refractivity contribution is 5.94. The first-order chi connectivity index (χ1) is 11.8. The lowest BCUT2D eigenvalue weighted by Gasteiger charge is -2.40. The fourth-order valence-corrected chi connectivity index (χ4v) is 3.95. The molecule has 1 spiro atoms. The van der Waals surface area contributed by atoms with Crippen LogP contribution in [0, 0.1) is 5.41 Å². The van der Waals surface area contributed by atoms with Crippen LogP contribution in [-0.4, -0.2) is 51.9 Å². The van der Waals surface area contributed by atoms with Crippen molar-refractivity contribution in [2.24, 2.45) is 5.41 Å². The first kappa shape index (κ1) is 15.1. The molecule has 0 unspecified atom stereocenters. The van der Waals surface area contributed by atoms with E-state index in [2.05, 4.69) is 19.9 Å². The van der Waals surface area contributed by atoms with Gasteiger partial charge in [-0.2, -0.15) is 0 Å². The van der Waals surface area contributed by atoms with Crippen LogP contribution >= 0.6 is 0 Å². The van der Waals surface area contributed by atoms with Crippen LogP contribution in [0.3, 0.4) is 0 Å². The van der Waals surface area contributed by atoms with Crippen LogP contribution in [0.15, 0.2) is 43.0 Å². The highest BCUT2D eigenvalue weighted by atomic mass is 16.2. The zero-order chi connectivity index (χ0) is 16.4. The van der Waals surface area contributed by atoms with E-state index in [1.807, 2.05) is 23.1 Å². The van der Waals surface area contributed by atoms with Gasteiger partial charge in [0.25, 0.3) is 5.91 Å². The lowest BCUT2D eigenvalue weighted by Crippen LogP contribution is -2.47. The molecule has 4 heterocycles. The molecule has 0 saturated carbocycles. The van der Waals surface area contributed by atoms with Gasteiger partial charge in [0, 0.05) is 56.4 Å². The van der Waals surface area contributed by atoms with E-state index in [1.165, 1.54) is 0 Å². The maximum Gasteiger partial charge on any atom is 0.255 e. The third-order valence-electron chi connectivity index (χ3n) is 5.13. The lowest BCUT2D eigenvalue weighted by atomic mass is 9.79. The Morgan fingerprint density at radius 2 is 1.92 bits per heavy atom. The molecular weight excluding hydrogens is 302 g/mol. The minimum absolute atomic E-state index is 0.0941. The summed E-state index contributed by atoms with van der Waals surface area (Å²) in [5, 5.41) is 0. The summed E-state index contributed by atoms with van der Waals surface area (Å²) in [5.74, 6) is 0.890. The van der Waals surface area contributed by atoms with Gasteiger partial charge in [0.1, 0.15) is 0 Å². The third-order valence-corrected chi connectivity index (χ3v) is 5.13. The number of hydrogen-bond donors (Lipinski definition) is 0. The lowest BCUT2D eigenvalue weighted by molar-refractivity contribution is 0.0556. The molecule has 4 rings (SSSR count). The number of carbonyl (C=O) groups excluding carboxylic acids is 1. The molecule has 6 nitrogen and oxygen atoms in total. The Balaban J connectivity index is 1.48. The highest BCUT2D eigenvalue weighted by Gasteiger charge is 2.43. The Bertz CT molecular complexity index is 708. The molecule has 2 aromatic heterocycles. The van der Waals surface area contributed by atoms with E-state index >= 15 is 0 Å². The molecule has 24 heavy (non-hydrogen) atoms. The fraction of sp³-hybridized carbons (Fsp3) is 0.444. The van der Waals surface area contributed by atoms with Gasteiger partial charge in [-0.25, -0.2) is 9.97 Å². The number of aromatic nitrogens is 3. The van der Waals surface area contributed by atoms with Crippen LogP contribution in [0.4, 0.5) is 5.95 Å². The van der Waals surface area contributed by atoms with Crippen molar-refractivity contribution < 1.29 is 4.79 Å². The van der Waals surface area contributed by atoms with Gasteiger partial charge in [-0.3, -0.25) is 9.78 Å². The Hall–Kier alpha value is -2.50. The van der Waals surface area contributed by atoms with Crippen LogP contribution in [-0.2, 0) is 0 Å². The molecule has 0 radical (unpaired) electrons. The number of piperidine rings is 1. The van der Waals surface area contributed by atoms with Crippen molar-refractivity contribution in [2.45, 2.75) is 19.3 Å². The standard InChI is InChI=1S/C18H21N5O/c24-16(15-4-1-7-19-12-15)22-10-2-5-18(13-22)6-11-23(14-18)17-20-8-3-9-21-17/h1,3-4,7-9,12H,2,5-6,10-11,13-14H2/t18-/m1/s1. The second-order valence-electron chi connectivity index (χ2n) is 6.79. The van der Waals surface area contributed by atoms with Crippen LogP contribution in [0.25, 0.3) is 0 Å². The van der Waals surface area contributed by atoms with Gasteiger partial charge in [-0.1, -0.05) is 0 Å². The minimum atomic E-state index is 0.0941. The number of anilines is 1. The van der Waals surface area contributed by atoms with E-state index < -0.39 is 0 Å². The fourth-order valence-electron chi connectivity index (χ4n) is 3.95. The minimum Gasteiger partial charge on any atom is -0.340 e. The monoisotopic (exact) mass is 323 g/mol. The molecule has 124 valence electrons. The van der Waals surface area contributed by atoms with Crippen molar-refractivity contribution in [1.82, 2.24) is 19.9 Å². The van der Waals surface area contributed by atoms with Crippen LogP contribution < -0.4 is 4.90 Å². The predicted molar refractivity (Wildman–Crippen MR) is 90.7 cm³/mol. The molecule has 0 bridgehead atoms. The smallest absolute Gasteiger partial charge is 0.255 e. The molecule has 0 aliphatic carbocycles. The van der Waals surface area contributed by atoms with E-state index in [-0.39, 0.29) is 11.3 Å². The molecule has 2 aliphatic heterocycles. The van der Waals surface area contributed by atoms with Gasteiger partial charge in [0.05, 0.1) is 5.56 Å². The second-order valence-corrected chi connectivity index (χ2v) is 6.79. The van der Waals surface area contributed by atoms with E-state index in [4.69, 9.17) is 0 Å². The zero-order valence-electron chi connectivity index (χ0n) is 13.6. The normalized spacial score (nSPS) is 23.7. The molecule has 2 aliphatic rings. The number of rotatable bonds is 2. The summed E-state index contributed by atoms with van der Waals surface area (Å²) in [6, 6.07) is 5.50. The largest absolute Gasteiger partial charge is 0.340 e. The summed E-state index contributed by atoms with van der Waals surface area (Å²) in [5.41, 5.74) is 0.839. The maximum absolute atomic E-state index is 12.7. The molecule has 6 heteroatoms. The zero-order valence-corrected chi connectivity index (χ0v) is 13.6. The quantitative estimate of drug-likeness (QED) is 0.846. The summed E-state index contributed by atoms with van der Waals surface area (Å²) in [6.07, 6.45) is 10.2. The van der Waals surface area contributed by atoms with E-state index in [1.54, 1.807) is 24.8 Å². The van der Waals surface area contributed by atoms with Crippen molar-refractivity contribution in [3.8, 4) is 0 Å². The molecule has 2 saturated heterocycles. The van der Waals surface area contributed by atoms with Crippen LogP contribution in [0.5, 0.6) is 0 Å². The summed E-state index contributed by atoms with van der Waals surface area (Å²) in [7, 11) is 0. The van der Waals surface area contributed by atoms with E-state index in [9.17, 15) is 4.79 Å². The number of hydrogen-bond acceptors (Lipinski definition) is 5. The van der Waals surface area contributed by atoms with E-state index in [0.717, 1.165) is 51.4 Å². The van der Waals surface area contributed by atoms with Crippen molar-refractivity contribution in [3.05, 3.63) is 48.5 Å². The van der Waals surface area contributed by atoms with Gasteiger partial charge in [-0.05, 0) is 37.5 Å². The average Bonchev–Trinajstić information content (AvgIpc) is 3.06. The van der Waals surface area contributed by atoms with Crippen molar-refractivity contribution >= 4 is 11.9 Å².